The molecule has 3 heteroatoms. The van der Waals surface area contributed by atoms with Crippen molar-refractivity contribution in [2.75, 3.05) is 26.2 Å². The van der Waals surface area contributed by atoms with Gasteiger partial charge in [0.1, 0.15) is 0 Å². The first kappa shape index (κ1) is 15.8. The summed E-state index contributed by atoms with van der Waals surface area (Å²) in [6.07, 6.45) is 5.05. The number of nitrogens with zero attached hydrogens (tertiary/aromatic N) is 2. The minimum absolute atomic E-state index is 0.145. The van der Waals surface area contributed by atoms with Gasteiger partial charge in [0.2, 0.25) is 5.91 Å². The van der Waals surface area contributed by atoms with Crippen LogP contribution in [0.15, 0.2) is 0 Å². The van der Waals surface area contributed by atoms with Crippen LogP contribution in [0.1, 0.15) is 60.3 Å². The third-order valence-corrected chi connectivity index (χ3v) is 5.40. The maximum atomic E-state index is 12.1. The molecule has 0 aromatic rings. The normalized spacial score (nSPS) is 24.4. The van der Waals surface area contributed by atoms with E-state index in [0.29, 0.717) is 16.9 Å². The standard InChI is InChI=1S/C17H32N2O/c1-14(2)15(20)18-10-6-17(7-11-18)8-12-19(13-9-17)16(3,4)5/h14H,6-13H2,1-5H3. The van der Waals surface area contributed by atoms with Crippen LogP contribution in [0.4, 0.5) is 0 Å². The van der Waals surface area contributed by atoms with Gasteiger partial charge in [-0.05, 0) is 65.0 Å². The molecule has 1 amide bonds. The van der Waals surface area contributed by atoms with Crippen molar-refractivity contribution >= 4 is 5.91 Å². The summed E-state index contributed by atoms with van der Waals surface area (Å²) < 4.78 is 0. The Morgan fingerprint density at radius 3 is 1.80 bits per heavy atom. The lowest BCUT2D eigenvalue weighted by Gasteiger charge is -2.50. The van der Waals surface area contributed by atoms with E-state index in [1.54, 1.807) is 0 Å². The van der Waals surface area contributed by atoms with Crippen LogP contribution in [0.5, 0.6) is 0 Å². The van der Waals surface area contributed by atoms with Crippen LogP contribution in [0, 0.1) is 11.3 Å². The number of piperidine rings is 2. The van der Waals surface area contributed by atoms with Crippen molar-refractivity contribution in [1.29, 1.82) is 0 Å². The molecule has 2 aliphatic rings. The summed E-state index contributed by atoms with van der Waals surface area (Å²) in [7, 11) is 0. The highest BCUT2D eigenvalue weighted by Gasteiger charge is 2.40. The van der Waals surface area contributed by atoms with Gasteiger partial charge < -0.3 is 4.90 Å². The molecule has 2 heterocycles. The fourth-order valence-electron chi connectivity index (χ4n) is 3.72. The molecule has 116 valence electrons. The van der Waals surface area contributed by atoms with E-state index in [2.05, 4.69) is 30.6 Å². The van der Waals surface area contributed by atoms with Crippen LogP contribution in [-0.2, 0) is 4.79 Å². The van der Waals surface area contributed by atoms with Gasteiger partial charge >= 0.3 is 0 Å². The molecule has 0 saturated carbocycles. The van der Waals surface area contributed by atoms with E-state index in [-0.39, 0.29) is 5.92 Å². The van der Waals surface area contributed by atoms with Crippen molar-refractivity contribution in [2.24, 2.45) is 11.3 Å². The first-order valence-corrected chi connectivity index (χ1v) is 8.27. The van der Waals surface area contributed by atoms with E-state index in [1.807, 2.05) is 13.8 Å². The van der Waals surface area contributed by atoms with Gasteiger partial charge in [-0.1, -0.05) is 13.8 Å². The zero-order chi connectivity index (χ0) is 15.0. The lowest BCUT2D eigenvalue weighted by atomic mass is 9.70. The first-order valence-electron chi connectivity index (χ1n) is 8.27. The van der Waals surface area contributed by atoms with Crippen molar-refractivity contribution in [3.8, 4) is 0 Å². The van der Waals surface area contributed by atoms with Crippen LogP contribution in [0.25, 0.3) is 0 Å². The molecule has 2 saturated heterocycles. The van der Waals surface area contributed by atoms with Crippen molar-refractivity contribution in [3.05, 3.63) is 0 Å². The SMILES string of the molecule is CC(C)C(=O)N1CCC2(CC1)CCN(C(C)(C)C)CC2. The van der Waals surface area contributed by atoms with Gasteiger partial charge in [-0.3, -0.25) is 9.69 Å². The minimum Gasteiger partial charge on any atom is -0.342 e. The Hall–Kier alpha value is -0.570. The van der Waals surface area contributed by atoms with Gasteiger partial charge in [-0.25, -0.2) is 0 Å². The highest BCUT2D eigenvalue weighted by molar-refractivity contribution is 5.78. The summed E-state index contributed by atoms with van der Waals surface area (Å²) in [5, 5.41) is 0. The third kappa shape index (κ3) is 3.36. The molecule has 2 fully saturated rings. The van der Waals surface area contributed by atoms with Crippen LogP contribution in [-0.4, -0.2) is 47.4 Å². The molecule has 0 N–H and O–H groups in total. The second-order valence-corrected chi connectivity index (χ2v) is 8.14. The molecule has 1 spiro atoms. The topological polar surface area (TPSA) is 23.6 Å². The Morgan fingerprint density at radius 2 is 1.40 bits per heavy atom. The molecule has 0 aromatic heterocycles. The number of carbonyl (C=O) groups excluding carboxylic acids is 1. The van der Waals surface area contributed by atoms with E-state index in [9.17, 15) is 4.79 Å². The largest absolute Gasteiger partial charge is 0.342 e. The average molecular weight is 280 g/mol. The zero-order valence-corrected chi connectivity index (χ0v) is 14.0. The fraction of sp³-hybridized carbons (Fsp3) is 0.941. The molecule has 2 rings (SSSR count). The predicted molar refractivity (Wildman–Crippen MR) is 83.6 cm³/mol. The molecule has 0 atom stereocenters. The molecule has 0 aromatic carbocycles. The first-order chi connectivity index (χ1) is 9.23. The Morgan fingerprint density at radius 1 is 0.950 bits per heavy atom. The number of carbonyl (C=O) groups is 1. The highest BCUT2D eigenvalue weighted by atomic mass is 16.2. The second kappa shape index (κ2) is 5.67. The molecule has 2 aliphatic heterocycles. The molecular weight excluding hydrogens is 248 g/mol. The molecule has 0 bridgehead atoms. The van der Waals surface area contributed by atoms with E-state index in [0.717, 1.165) is 13.1 Å². The Bertz CT molecular complexity index is 338. The van der Waals surface area contributed by atoms with Crippen molar-refractivity contribution < 1.29 is 4.79 Å². The number of likely N-dealkylation sites (tertiary alicyclic amines) is 2. The van der Waals surface area contributed by atoms with Crippen LogP contribution >= 0.6 is 0 Å². The average Bonchev–Trinajstić information content (AvgIpc) is 2.38. The number of rotatable bonds is 1. The van der Waals surface area contributed by atoms with E-state index >= 15 is 0 Å². The summed E-state index contributed by atoms with van der Waals surface area (Å²) in [4.78, 5) is 16.8. The number of hydrogen-bond donors (Lipinski definition) is 0. The summed E-state index contributed by atoms with van der Waals surface area (Å²) in [6, 6.07) is 0. The summed E-state index contributed by atoms with van der Waals surface area (Å²) >= 11 is 0. The van der Waals surface area contributed by atoms with Crippen LogP contribution < -0.4 is 0 Å². The number of amides is 1. The minimum atomic E-state index is 0.145. The van der Waals surface area contributed by atoms with Gasteiger partial charge in [0.25, 0.3) is 0 Å². The van der Waals surface area contributed by atoms with Crippen LogP contribution in [0.2, 0.25) is 0 Å². The van der Waals surface area contributed by atoms with Gasteiger partial charge in [0, 0.05) is 24.5 Å². The summed E-state index contributed by atoms with van der Waals surface area (Å²) in [6.45, 7) is 15.4. The molecule has 20 heavy (non-hydrogen) atoms. The fourth-order valence-corrected chi connectivity index (χ4v) is 3.72. The predicted octanol–water partition coefficient (Wildman–Crippen LogP) is 3.15. The van der Waals surface area contributed by atoms with Crippen molar-refractivity contribution in [2.45, 2.75) is 65.8 Å². The second-order valence-electron chi connectivity index (χ2n) is 8.14. The molecular formula is C17H32N2O. The van der Waals surface area contributed by atoms with Crippen LogP contribution in [0.3, 0.4) is 0 Å². The summed E-state index contributed by atoms with van der Waals surface area (Å²) in [5.74, 6) is 0.485. The smallest absolute Gasteiger partial charge is 0.225 e. The van der Waals surface area contributed by atoms with E-state index in [4.69, 9.17) is 0 Å². The summed E-state index contributed by atoms with van der Waals surface area (Å²) in [5.41, 5.74) is 0.825. The molecule has 3 nitrogen and oxygen atoms in total. The maximum absolute atomic E-state index is 12.1. The Balaban J connectivity index is 1.87. The monoisotopic (exact) mass is 280 g/mol. The van der Waals surface area contributed by atoms with E-state index in [1.165, 1.54) is 38.8 Å². The maximum Gasteiger partial charge on any atom is 0.225 e. The van der Waals surface area contributed by atoms with Crippen molar-refractivity contribution in [3.63, 3.8) is 0 Å². The number of hydrogen-bond acceptors (Lipinski definition) is 2. The molecule has 0 radical (unpaired) electrons. The lowest BCUT2D eigenvalue weighted by Crippen LogP contribution is -2.52. The van der Waals surface area contributed by atoms with Gasteiger partial charge in [-0.2, -0.15) is 0 Å². The molecule has 0 aliphatic carbocycles. The molecule has 0 unspecified atom stereocenters. The van der Waals surface area contributed by atoms with Gasteiger partial charge in [0.05, 0.1) is 0 Å². The van der Waals surface area contributed by atoms with E-state index < -0.39 is 0 Å². The Kier molecular flexibility index (Phi) is 4.48. The van der Waals surface area contributed by atoms with Crippen molar-refractivity contribution in [1.82, 2.24) is 9.80 Å². The zero-order valence-electron chi connectivity index (χ0n) is 14.0. The Labute approximate surface area is 124 Å². The third-order valence-electron chi connectivity index (χ3n) is 5.40. The van der Waals surface area contributed by atoms with Gasteiger partial charge in [0.15, 0.2) is 0 Å². The highest BCUT2D eigenvalue weighted by Crippen LogP contribution is 2.42. The van der Waals surface area contributed by atoms with Gasteiger partial charge in [-0.15, -0.1) is 0 Å². The lowest BCUT2D eigenvalue weighted by molar-refractivity contribution is -0.137. The quantitative estimate of drug-likeness (QED) is 0.736.